The third-order valence-electron chi connectivity index (χ3n) is 2.69. The van der Waals surface area contributed by atoms with Gasteiger partial charge in [-0.3, -0.25) is 9.69 Å². The first kappa shape index (κ1) is 11.6. The zero-order valence-electron chi connectivity index (χ0n) is 9.08. The lowest BCUT2D eigenvalue weighted by atomic mass is 10.2. The summed E-state index contributed by atoms with van der Waals surface area (Å²) in [5.41, 5.74) is 1.23. The summed E-state index contributed by atoms with van der Waals surface area (Å²) in [5, 5.41) is 2.88. The molecule has 1 heterocycles. The van der Waals surface area contributed by atoms with Crippen molar-refractivity contribution in [1.82, 2.24) is 10.2 Å². The number of benzene rings is 1. The number of hydrogen-bond donors (Lipinski definition) is 1. The van der Waals surface area contributed by atoms with Crippen LogP contribution in [0.15, 0.2) is 28.7 Å². The molecule has 0 aliphatic carbocycles. The second-order valence-electron chi connectivity index (χ2n) is 4.01. The fourth-order valence-electron chi connectivity index (χ4n) is 1.87. The molecule has 3 nitrogen and oxygen atoms in total. The highest BCUT2D eigenvalue weighted by Gasteiger charge is 2.15. The Labute approximate surface area is 104 Å². The Kier molecular flexibility index (Phi) is 3.96. The molecule has 1 aliphatic rings. The highest BCUT2D eigenvalue weighted by molar-refractivity contribution is 9.10. The Hall–Kier alpha value is -0.870. The first-order valence-corrected chi connectivity index (χ1v) is 6.27. The van der Waals surface area contributed by atoms with Gasteiger partial charge in [0.15, 0.2) is 0 Å². The van der Waals surface area contributed by atoms with Crippen LogP contribution < -0.4 is 5.32 Å². The molecule has 1 N–H and O–H groups in total. The van der Waals surface area contributed by atoms with E-state index in [1.807, 2.05) is 18.2 Å². The SMILES string of the molecule is O=C1CN(Cc2ccccc2Br)CCCN1. The molecule has 0 atom stereocenters. The topological polar surface area (TPSA) is 32.3 Å². The van der Waals surface area contributed by atoms with E-state index in [0.29, 0.717) is 6.54 Å². The summed E-state index contributed by atoms with van der Waals surface area (Å²) >= 11 is 3.53. The fraction of sp³-hybridized carbons (Fsp3) is 0.417. The summed E-state index contributed by atoms with van der Waals surface area (Å²) < 4.78 is 1.11. The van der Waals surface area contributed by atoms with Crippen molar-refractivity contribution in [2.24, 2.45) is 0 Å². The smallest absolute Gasteiger partial charge is 0.234 e. The van der Waals surface area contributed by atoms with Crippen LogP contribution in [0.2, 0.25) is 0 Å². The lowest BCUT2D eigenvalue weighted by molar-refractivity contribution is -0.121. The molecule has 1 saturated heterocycles. The van der Waals surface area contributed by atoms with Gasteiger partial charge in [0, 0.05) is 24.1 Å². The normalized spacial score (nSPS) is 17.9. The van der Waals surface area contributed by atoms with Gasteiger partial charge >= 0.3 is 0 Å². The first-order chi connectivity index (χ1) is 7.75. The highest BCUT2D eigenvalue weighted by Crippen LogP contribution is 2.18. The minimum Gasteiger partial charge on any atom is -0.355 e. The maximum Gasteiger partial charge on any atom is 0.234 e. The van der Waals surface area contributed by atoms with Crippen molar-refractivity contribution in [1.29, 1.82) is 0 Å². The molecule has 0 bridgehead atoms. The van der Waals surface area contributed by atoms with Crippen molar-refractivity contribution in [3.05, 3.63) is 34.3 Å². The fourth-order valence-corrected chi connectivity index (χ4v) is 2.28. The molecule has 0 radical (unpaired) electrons. The molecular formula is C12H15BrN2O. The lowest BCUT2D eigenvalue weighted by Gasteiger charge is -2.19. The number of nitrogens with zero attached hydrogens (tertiary/aromatic N) is 1. The predicted molar refractivity (Wildman–Crippen MR) is 67.0 cm³/mol. The Balaban J connectivity index is 2.03. The van der Waals surface area contributed by atoms with E-state index in [0.717, 1.165) is 30.5 Å². The number of carbonyl (C=O) groups is 1. The van der Waals surface area contributed by atoms with E-state index in [-0.39, 0.29) is 5.91 Å². The van der Waals surface area contributed by atoms with Crippen LogP contribution >= 0.6 is 15.9 Å². The highest BCUT2D eigenvalue weighted by atomic mass is 79.9. The molecule has 4 heteroatoms. The Morgan fingerprint density at radius 3 is 3.00 bits per heavy atom. The van der Waals surface area contributed by atoms with Gasteiger partial charge in [0.2, 0.25) is 5.91 Å². The standard InChI is InChI=1S/C12H15BrN2O/c13-11-5-2-1-4-10(11)8-15-7-3-6-14-12(16)9-15/h1-2,4-5H,3,6-9H2,(H,14,16). The van der Waals surface area contributed by atoms with Crippen molar-refractivity contribution in [2.75, 3.05) is 19.6 Å². The average Bonchev–Trinajstić information content (AvgIpc) is 2.46. The second-order valence-corrected chi connectivity index (χ2v) is 4.86. The van der Waals surface area contributed by atoms with Gasteiger partial charge < -0.3 is 5.32 Å². The predicted octanol–water partition coefficient (Wildman–Crippen LogP) is 1.77. The zero-order valence-corrected chi connectivity index (χ0v) is 10.7. The van der Waals surface area contributed by atoms with Crippen LogP contribution in [-0.2, 0) is 11.3 Å². The molecular weight excluding hydrogens is 268 g/mol. The number of hydrogen-bond acceptors (Lipinski definition) is 2. The molecule has 1 aliphatic heterocycles. The van der Waals surface area contributed by atoms with Crippen molar-refractivity contribution in [3.8, 4) is 0 Å². The van der Waals surface area contributed by atoms with Gasteiger partial charge in [-0.1, -0.05) is 34.1 Å². The van der Waals surface area contributed by atoms with Crippen molar-refractivity contribution in [2.45, 2.75) is 13.0 Å². The van der Waals surface area contributed by atoms with Crippen LogP contribution in [0.3, 0.4) is 0 Å². The Morgan fingerprint density at radius 1 is 1.38 bits per heavy atom. The molecule has 2 rings (SSSR count). The van der Waals surface area contributed by atoms with Gasteiger partial charge in [-0.05, 0) is 18.1 Å². The third kappa shape index (κ3) is 3.06. The summed E-state index contributed by atoms with van der Waals surface area (Å²) in [6.45, 7) is 3.10. The molecule has 1 aromatic carbocycles. The van der Waals surface area contributed by atoms with E-state index in [1.54, 1.807) is 0 Å². The van der Waals surface area contributed by atoms with Gasteiger partial charge in [0.05, 0.1) is 6.54 Å². The molecule has 1 aromatic rings. The van der Waals surface area contributed by atoms with E-state index >= 15 is 0 Å². The number of halogens is 1. The average molecular weight is 283 g/mol. The lowest BCUT2D eigenvalue weighted by Crippen LogP contribution is -2.32. The number of nitrogens with one attached hydrogen (secondary N) is 1. The van der Waals surface area contributed by atoms with Gasteiger partial charge in [-0.2, -0.15) is 0 Å². The summed E-state index contributed by atoms with van der Waals surface area (Å²) in [6.07, 6.45) is 1.02. The molecule has 16 heavy (non-hydrogen) atoms. The van der Waals surface area contributed by atoms with E-state index in [2.05, 4.69) is 32.2 Å². The molecule has 86 valence electrons. The molecule has 0 spiro atoms. The van der Waals surface area contributed by atoms with E-state index in [4.69, 9.17) is 0 Å². The Morgan fingerprint density at radius 2 is 2.19 bits per heavy atom. The largest absolute Gasteiger partial charge is 0.355 e. The number of rotatable bonds is 2. The summed E-state index contributed by atoms with van der Waals surface area (Å²) in [4.78, 5) is 13.6. The van der Waals surface area contributed by atoms with Crippen molar-refractivity contribution >= 4 is 21.8 Å². The summed E-state index contributed by atoms with van der Waals surface area (Å²) in [5.74, 6) is 0.129. The number of carbonyl (C=O) groups excluding carboxylic acids is 1. The third-order valence-corrected chi connectivity index (χ3v) is 3.47. The van der Waals surface area contributed by atoms with Gasteiger partial charge in [0.25, 0.3) is 0 Å². The second kappa shape index (κ2) is 5.46. The van der Waals surface area contributed by atoms with Crippen LogP contribution in [0.5, 0.6) is 0 Å². The quantitative estimate of drug-likeness (QED) is 0.897. The molecule has 0 saturated carbocycles. The van der Waals surface area contributed by atoms with Crippen LogP contribution in [0, 0.1) is 0 Å². The maximum atomic E-state index is 11.4. The van der Waals surface area contributed by atoms with Crippen LogP contribution in [-0.4, -0.2) is 30.4 Å². The summed E-state index contributed by atoms with van der Waals surface area (Å²) in [6, 6.07) is 8.15. The maximum absolute atomic E-state index is 11.4. The number of amides is 1. The van der Waals surface area contributed by atoms with Gasteiger partial charge in [-0.25, -0.2) is 0 Å². The van der Waals surface area contributed by atoms with Crippen LogP contribution in [0.1, 0.15) is 12.0 Å². The van der Waals surface area contributed by atoms with Crippen LogP contribution in [0.25, 0.3) is 0 Å². The van der Waals surface area contributed by atoms with E-state index < -0.39 is 0 Å². The minimum atomic E-state index is 0.129. The first-order valence-electron chi connectivity index (χ1n) is 5.48. The monoisotopic (exact) mass is 282 g/mol. The van der Waals surface area contributed by atoms with Gasteiger partial charge in [-0.15, -0.1) is 0 Å². The molecule has 0 unspecified atom stereocenters. The molecule has 1 amide bonds. The van der Waals surface area contributed by atoms with E-state index in [1.165, 1.54) is 5.56 Å². The minimum absolute atomic E-state index is 0.129. The van der Waals surface area contributed by atoms with Crippen molar-refractivity contribution in [3.63, 3.8) is 0 Å². The van der Waals surface area contributed by atoms with Crippen molar-refractivity contribution < 1.29 is 4.79 Å². The Bertz CT molecular complexity index is 381. The summed E-state index contributed by atoms with van der Waals surface area (Å²) in [7, 11) is 0. The van der Waals surface area contributed by atoms with Gasteiger partial charge in [0.1, 0.15) is 0 Å². The van der Waals surface area contributed by atoms with Crippen LogP contribution in [0.4, 0.5) is 0 Å². The zero-order chi connectivity index (χ0) is 11.4. The van der Waals surface area contributed by atoms with E-state index in [9.17, 15) is 4.79 Å². The molecule has 0 aromatic heterocycles. The molecule has 1 fully saturated rings.